The molecule has 3 nitrogen and oxygen atoms in total. The van der Waals surface area contributed by atoms with Gasteiger partial charge < -0.3 is 7.43 Å². The van der Waals surface area contributed by atoms with Gasteiger partial charge in [0.25, 0.3) is 0 Å². The fourth-order valence-electron chi connectivity index (χ4n) is 3.94. The van der Waals surface area contributed by atoms with E-state index in [1.165, 1.54) is 64.2 Å². The molecule has 2 aliphatic rings. The summed E-state index contributed by atoms with van der Waals surface area (Å²) < 4.78 is 0. The van der Waals surface area contributed by atoms with Gasteiger partial charge in [-0.2, -0.15) is 0 Å². The van der Waals surface area contributed by atoms with Crippen LogP contribution in [0.15, 0.2) is 28.2 Å². The van der Waals surface area contributed by atoms with Crippen LogP contribution in [0.2, 0.25) is 0 Å². The minimum atomic E-state index is 0. The number of hydrogen-bond donors (Lipinski definition) is 0. The van der Waals surface area contributed by atoms with Gasteiger partial charge in [0.05, 0.1) is 34.9 Å². The summed E-state index contributed by atoms with van der Waals surface area (Å²) in [4.78, 5) is 14.7. The van der Waals surface area contributed by atoms with E-state index in [1.54, 1.807) is 0 Å². The molecule has 1 heterocycles. The third-order valence-electron chi connectivity index (χ3n) is 5.39. The van der Waals surface area contributed by atoms with Crippen molar-refractivity contribution < 1.29 is 17.1 Å². The van der Waals surface area contributed by atoms with E-state index in [9.17, 15) is 0 Å². The monoisotopic (exact) mass is 396 g/mol. The average Bonchev–Trinajstić information content (AvgIpc) is 2.63. The number of rotatable bonds is 4. The SMILES string of the molecule is CC(=NC1CCCCC1)c1cccc(C(C)=NC2CCCCC2)n1.[CH3-].[Fe]. The molecule has 0 radical (unpaired) electrons. The number of hydrogen-bond acceptors (Lipinski definition) is 3. The molecule has 0 saturated heterocycles. The van der Waals surface area contributed by atoms with E-state index in [-0.39, 0.29) is 24.5 Å². The molecule has 1 aromatic rings. The summed E-state index contributed by atoms with van der Waals surface area (Å²) in [6.07, 6.45) is 13.0. The van der Waals surface area contributed by atoms with E-state index >= 15 is 0 Å². The van der Waals surface area contributed by atoms with Crippen LogP contribution in [0.5, 0.6) is 0 Å². The Morgan fingerprint density at radius 3 is 1.54 bits per heavy atom. The van der Waals surface area contributed by atoms with Gasteiger partial charge in [0, 0.05) is 17.1 Å². The maximum Gasteiger partial charge on any atom is 0.0845 e. The van der Waals surface area contributed by atoms with Crippen molar-refractivity contribution in [1.82, 2.24) is 4.98 Å². The van der Waals surface area contributed by atoms with Gasteiger partial charge in [0.1, 0.15) is 0 Å². The summed E-state index contributed by atoms with van der Waals surface area (Å²) in [5.41, 5.74) is 4.18. The van der Waals surface area contributed by atoms with Crippen LogP contribution in [0.3, 0.4) is 0 Å². The number of aliphatic imine (C=N–C) groups is 2. The van der Waals surface area contributed by atoms with Crippen LogP contribution < -0.4 is 0 Å². The van der Waals surface area contributed by atoms with Gasteiger partial charge in [-0.05, 0) is 51.7 Å². The number of nitrogens with zero attached hydrogens (tertiary/aromatic N) is 3. The van der Waals surface area contributed by atoms with Crippen molar-refractivity contribution >= 4 is 11.4 Å². The topological polar surface area (TPSA) is 37.6 Å². The van der Waals surface area contributed by atoms with E-state index in [0.29, 0.717) is 12.1 Å². The standard InChI is InChI=1S/C21H31N3.CH3.Fe/c1-16(22-18-10-5-3-6-11-18)20-14-9-15-21(24-20)17(2)23-19-12-7-4-8-13-19;;/h9,14-15,18-19H,3-8,10-13H2,1-2H3;1H3;/q;-1;. The Labute approximate surface area is 170 Å². The van der Waals surface area contributed by atoms with E-state index < -0.39 is 0 Å². The second kappa shape index (κ2) is 11.7. The zero-order valence-corrected chi connectivity index (χ0v) is 17.8. The van der Waals surface area contributed by atoms with Crippen LogP contribution in [-0.4, -0.2) is 28.5 Å². The predicted molar refractivity (Wildman–Crippen MR) is 109 cm³/mol. The molecule has 0 unspecified atom stereocenters. The smallest absolute Gasteiger partial charge is 0.0845 e. The molecule has 26 heavy (non-hydrogen) atoms. The Bertz CT molecular complexity index is 548. The molecule has 0 spiro atoms. The van der Waals surface area contributed by atoms with Gasteiger partial charge in [-0.1, -0.05) is 44.6 Å². The molecule has 0 aliphatic heterocycles. The van der Waals surface area contributed by atoms with Gasteiger partial charge in [0.2, 0.25) is 0 Å². The summed E-state index contributed by atoms with van der Waals surface area (Å²) in [5, 5.41) is 0. The third-order valence-corrected chi connectivity index (χ3v) is 5.39. The van der Waals surface area contributed by atoms with Crippen molar-refractivity contribution in [2.45, 2.75) is 90.1 Å². The molecule has 4 heteroatoms. The first-order valence-electron chi connectivity index (χ1n) is 9.79. The van der Waals surface area contributed by atoms with Crippen molar-refractivity contribution in [2.24, 2.45) is 9.98 Å². The largest absolute Gasteiger partial charge is 0.358 e. The molecule has 0 bridgehead atoms. The zero-order valence-electron chi connectivity index (χ0n) is 16.7. The first-order chi connectivity index (χ1) is 11.7. The van der Waals surface area contributed by atoms with Crippen LogP contribution in [0.4, 0.5) is 0 Å². The third kappa shape index (κ3) is 6.63. The number of pyridine rings is 1. The fourth-order valence-corrected chi connectivity index (χ4v) is 3.94. The molecule has 0 atom stereocenters. The Balaban J connectivity index is 0.00000169. The van der Waals surface area contributed by atoms with Crippen LogP contribution in [0, 0.1) is 7.43 Å². The average molecular weight is 396 g/mol. The van der Waals surface area contributed by atoms with Crippen molar-refractivity contribution in [3.8, 4) is 0 Å². The van der Waals surface area contributed by atoms with Gasteiger partial charge in [-0.15, -0.1) is 0 Å². The van der Waals surface area contributed by atoms with Gasteiger partial charge in [0.15, 0.2) is 0 Å². The summed E-state index contributed by atoms with van der Waals surface area (Å²) in [6.45, 7) is 4.21. The van der Waals surface area contributed by atoms with E-state index in [1.807, 2.05) is 0 Å². The Kier molecular flexibility index (Phi) is 10.3. The molecular weight excluding hydrogens is 362 g/mol. The van der Waals surface area contributed by atoms with Crippen LogP contribution in [0.1, 0.15) is 89.4 Å². The molecule has 1 aromatic heterocycles. The Hall–Kier alpha value is -0.991. The summed E-state index contributed by atoms with van der Waals surface area (Å²) in [7, 11) is 0. The van der Waals surface area contributed by atoms with Crippen molar-refractivity contribution in [2.75, 3.05) is 0 Å². The van der Waals surface area contributed by atoms with Gasteiger partial charge in [-0.25, -0.2) is 4.98 Å². The van der Waals surface area contributed by atoms with Crippen LogP contribution >= 0.6 is 0 Å². The van der Waals surface area contributed by atoms with Crippen LogP contribution in [0.25, 0.3) is 0 Å². The molecule has 2 fully saturated rings. The summed E-state index contributed by atoms with van der Waals surface area (Å²) in [6, 6.07) is 7.26. The molecule has 0 N–H and O–H groups in total. The van der Waals surface area contributed by atoms with Crippen molar-refractivity contribution in [3.63, 3.8) is 0 Å². The first kappa shape index (κ1) is 23.0. The number of aromatic nitrogens is 1. The maximum absolute atomic E-state index is 4.94. The molecule has 2 aliphatic carbocycles. The second-order valence-corrected chi connectivity index (χ2v) is 7.42. The summed E-state index contributed by atoms with van der Waals surface area (Å²) in [5.74, 6) is 0. The molecule has 0 amide bonds. The van der Waals surface area contributed by atoms with E-state index in [2.05, 4.69) is 32.0 Å². The second-order valence-electron chi connectivity index (χ2n) is 7.42. The quantitative estimate of drug-likeness (QED) is 0.359. The minimum Gasteiger partial charge on any atom is -0.358 e. The van der Waals surface area contributed by atoms with E-state index in [4.69, 9.17) is 15.0 Å². The van der Waals surface area contributed by atoms with Crippen molar-refractivity contribution in [1.29, 1.82) is 0 Å². The van der Waals surface area contributed by atoms with Crippen LogP contribution in [-0.2, 0) is 17.1 Å². The van der Waals surface area contributed by atoms with Gasteiger partial charge in [-0.3, -0.25) is 9.98 Å². The fraction of sp³-hybridized carbons (Fsp3) is 0.636. The molecule has 2 saturated carbocycles. The molecule has 146 valence electrons. The Morgan fingerprint density at radius 1 is 0.769 bits per heavy atom. The predicted octanol–water partition coefficient (Wildman–Crippen LogP) is 5.81. The van der Waals surface area contributed by atoms with Crippen molar-refractivity contribution in [3.05, 3.63) is 37.0 Å². The normalized spacial score (nSPS) is 20.2. The van der Waals surface area contributed by atoms with Gasteiger partial charge >= 0.3 is 0 Å². The zero-order chi connectivity index (χ0) is 16.8. The van der Waals surface area contributed by atoms with E-state index in [0.717, 1.165) is 22.8 Å². The maximum atomic E-state index is 4.94. The minimum absolute atomic E-state index is 0. The molecule has 0 aromatic carbocycles. The molecule has 3 rings (SSSR count). The Morgan fingerprint density at radius 2 is 1.15 bits per heavy atom. The first-order valence-corrected chi connectivity index (χ1v) is 9.79. The summed E-state index contributed by atoms with van der Waals surface area (Å²) >= 11 is 0. The molecular formula is C22H34FeN3-.